The Morgan fingerprint density at radius 1 is 1.11 bits per heavy atom. The number of aliphatic hydroxyl groups excluding tert-OH is 1. The summed E-state index contributed by atoms with van der Waals surface area (Å²) in [6.07, 6.45) is 6.64. The smallest absolute Gasteiger partial charge is 0.318 e. The van der Waals surface area contributed by atoms with Crippen LogP contribution >= 0.6 is 0 Å². The molecule has 12 heteroatoms. The van der Waals surface area contributed by atoms with Crippen molar-refractivity contribution in [3.63, 3.8) is 0 Å². The second kappa shape index (κ2) is 17.4. The Balaban J connectivity index is 1.53. The standard InChI is InChI=1S/C41H56N2O10/c1-23(2)16-27-18-35(45)52-37-36(53-40(47)41(37,7)22-44)26(6)11-12-28-13-14-31(42-28)38-43-32(34(51-38)21-50-39(27)46)19-29-30(25(5)10-9-15-48-8)20-49-33(29)17-24(3)4/h9-11,13-14,19,23-24,27,32-34,36-37,42,44H,12,15-18,20-22H2,1-8H3. The van der Waals surface area contributed by atoms with Crippen molar-refractivity contribution in [2.75, 3.05) is 33.5 Å². The van der Waals surface area contributed by atoms with Gasteiger partial charge in [0.05, 0.1) is 38.3 Å². The van der Waals surface area contributed by atoms with Crippen LogP contribution in [0, 0.1) is 23.2 Å². The molecule has 4 bridgehead atoms. The molecule has 0 aromatic carbocycles. The number of aliphatic hydroxyl groups is 1. The molecule has 0 amide bonds. The van der Waals surface area contributed by atoms with E-state index in [9.17, 15) is 19.5 Å². The van der Waals surface area contributed by atoms with Gasteiger partial charge in [-0.25, -0.2) is 4.99 Å². The van der Waals surface area contributed by atoms with Gasteiger partial charge < -0.3 is 38.5 Å². The zero-order chi connectivity index (χ0) is 38.4. The third-order valence-electron chi connectivity index (χ3n) is 10.3. The molecule has 12 nitrogen and oxygen atoms in total. The summed E-state index contributed by atoms with van der Waals surface area (Å²) in [7, 11) is 1.66. The molecule has 2 saturated heterocycles. The molecule has 0 aliphatic carbocycles. The van der Waals surface area contributed by atoms with E-state index >= 15 is 0 Å². The van der Waals surface area contributed by atoms with Crippen molar-refractivity contribution in [3.05, 3.63) is 70.1 Å². The number of carbonyl (C=O) groups is 3. The molecule has 0 spiro atoms. The van der Waals surface area contributed by atoms with Crippen molar-refractivity contribution >= 4 is 23.8 Å². The number of aromatic amines is 1. The van der Waals surface area contributed by atoms with Crippen LogP contribution in [0.3, 0.4) is 0 Å². The van der Waals surface area contributed by atoms with Crippen LogP contribution in [0.2, 0.25) is 0 Å². The largest absolute Gasteiger partial charge is 0.467 e. The Morgan fingerprint density at radius 2 is 1.87 bits per heavy atom. The van der Waals surface area contributed by atoms with E-state index in [1.807, 2.05) is 44.2 Å². The SMILES string of the molecule is COCC=CC(C)=C1COC(CC(C)C)C1=CC1N=C2OC1COC(=O)C(CC(C)C)CC(=O)OC1C(OC(=O)C1(C)CO)C(C)=CCc1ccc2[nH]1. The lowest BCUT2D eigenvalue weighted by Gasteiger charge is -2.28. The highest BCUT2D eigenvalue weighted by Crippen LogP contribution is 2.40. The van der Waals surface area contributed by atoms with Crippen molar-refractivity contribution in [2.24, 2.45) is 28.2 Å². The van der Waals surface area contributed by atoms with Crippen LogP contribution < -0.4 is 0 Å². The number of hydrogen-bond donors (Lipinski definition) is 2. The van der Waals surface area contributed by atoms with Gasteiger partial charge >= 0.3 is 17.9 Å². The number of ether oxygens (including phenoxy) is 6. The Hall–Kier alpha value is -4.00. The highest BCUT2D eigenvalue weighted by molar-refractivity contribution is 5.94. The van der Waals surface area contributed by atoms with Gasteiger partial charge in [0, 0.05) is 19.2 Å². The van der Waals surface area contributed by atoms with E-state index in [2.05, 4.69) is 31.8 Å². The first-order chi connectivity index (χ1) is 25.2. The average molecular weight is 737 g/mol. The number of carbonyl (C=O) groups excluding carboxylic acids is 3. The molecule has 1 aromatic rings. The van der Waals surface area contributed by atoms with Crippen molar-refractivity contribution in [1.29, 1.82) is 0 Å². The Labute approximate surface area is 312 Å². The molecular formula is C41H56N2O10. The first-order valence-electron chi connectivity index (χ1n) is 18.7. The third-order valence-corrected chi connectivity index (χ3v) is 10.3. The van der Waals surface area contributed by atoms with Gasteiger partial charge in [0.1, 0.15) is 23.8 Å². The van der Waals surface area contributed by atoms with E-state index in [1.54, 1.807) is 14.0 Å². The van der Waals surface area contributed by atoms with Crippen molar-refractivity contribution in [2.45, 2.75) is 105 Å². The predicted octanol–water partition coefficient (Wildman–Crippen LogP) is 5.35. The maximum atomic E-state index is 13.8. The van der Waals surface area contributed by atoms with Gasteiger partial charge in [0.15, 0.2) is 18.3 Å². The van der Waals surface area contributed by atoms with Gasteiger partial charge in [0.2, 0.25) is 5.90 Å². The molecule has 1 aromatic heterocycles. The summed E-state index contributed by atoms with van der Waals surface area (Å²) in [5, 5.41) is 10.3. The minimum atomic E-state index is -1.46. The van der Waals surface area contributed by atoms with E-state index < -0.39 is 60.2 Å². The molecule has 4 aliphatic rings. The minimum absolute atomic E-state index is 0.0686. The summed E-state index contributed by atoms with van der Waals surface area (Å²) >= 11 is 0. The summed E-state index contributed by atoms with van der Waals surface area (Å²) in [6, 6.07) is 3.32. The van der Waals surface area contributed by atoms with Gasteiger partial charge in [-0.15, -0.1) is 0 Å². The molecule has 4 aliphatic heterocycles. The number of hydrogen-bond acceptors (Lipinski definition) is 11. The Kier molecular flexibility index (Phi) is 13.2. The molecule has 7 unspecified atom stereocenters. The maximum absolute atomic E-state index is 13.8. The van der Waals surface area contributed by atoms with E-state index in [1.165, 1.54) is 6.92 Å². The maximum Gasteiger partial charge on any atom is 0.318 e. The number of methoxy groups -OCH3 is 1. The summed E-state index contributed by atoms with van der Waals surface area (Å²) in [5.41, 5.74) is 3.92. The second-order valence-electron chi connectivity index (χ2n) is 15.7. The quantitative estimate of drug-likeness (QED) is 0.193. The zero-order valence-electron chi connectivity index (χ0n) is 32.3. The number of aliphatic imine (C=N–C) groups is 1. The van der Waals surface area contributed by atoms with Crippen LogP contribution in [-0.4, -0.2) is 97.9 Å². The van der Waals surface area contributed by atoms with Crippen LogP contribution in [0.1, 0.15) is 79.1 Å². The number of H-pyrrole nitrogens is 1. The molecule has 0 saturated carbocycles. The Bertz CT molecular complexity index is 1670. The highest BCUT2D eigenvalue weighted by Gasteiger charge is 2.57. The molecule has 5 rings (SSSR count). The molecular weight excluding hydrogens is 680 g/mol. The van der Waals surface area contributed by atoms with Gasteiger partial charge in [-0.05, 0) is 85.9 Å². The number of allylic oxidation sites excluding steroid dienone is 3. The topological polar surface area (TPSA) is 155 Å². The van der Waals surface area contributed by atoms with Crippen LogP contribution in [0.5, 0.6) is 0 Å². The third kappa shape index (κ3) is 9.39. The summed E-state index contributed by atoms with van der Waals surface area (Å²) < 4.78 is 35.6. The monoisotopic (exact) mass is 736 g/mol. The summed E-state index contributed by atoms with van der Waals surface area (Å²) in [4.78, 5) is 48.7. The molecule has 2 fully saturated rings. The lowest BCUT2D eigenvalue weighted by molar-refractivity contribution is -0.164. The summed E-state index contributed by atoms with van der Waals surface area (Å²) in [5.74, 6) is -1.85. The molecule has 7 atom stereocenters. The van der Waals surface area contributed by atoms with Gasteiger partial charge in [0.25, 0.3) is 0 Å². The number of rotatable bonds is 9. The Morgan fingerprint density at radius 3 is 2.57 bits per heavy atom. The first-order valence-corrected chi connectivity index (χ1v) is 18.7. The van der Waals surface area contributed by atoms with Gasteiger partial charge in [-0.3, -0.25) is 14.4 Å². The average Bonchev–Trinajstić information content (AvgIpc) is 3.89. The fourth-order valence-electron chi connectivity index (χ4n) is 7.22. The van der Waals surface area contributed by atoms with Crippen molar-refractivity contribution in [1.82, 2.24) is 4.98 Å². The zero-order valence-corrected chi connectivity index (χ0v) is 32.3. The number of cyclic esters (lactones) is 1. The molecule has 5 heterocycles. The van der Waals surface area contributed by atoms with Gasteiger partial charge in [-0.1, -0.05) is 45.9 Å². The fourth-order valence-corrected chi connectivity index (χ4v) is 7.22. The number of aromatic nitrogens is 1. The second-order valence-corrected chi connectivity index (χ2v) is 15.7. The molecule has 0 radical (unpaired) electrons. The lowest BCUT2D eigenvalue weighted by Crippen LogP contribution is -2.43. The first kappa shape index (κ1) is 40.2. The predicted molar refractivity (Wildman–Crippen MR) is 198 cm³/mol. The van der Waals surface area contributed by atoms with E-state index in [0.29, 0.717) is 49.1 Å². The normalized spacial score (nSPS) is 31.5. The van der Waals surface area contributed by atoms with Gasteiger partial charge in [-0.2, -0.15) is 0 Å². The van der Waals surface area contributed by atoms with E-state index in [0.717, 1.165) is 28.8 Å². The molecule has 2 N–H and O–H groups in total. The van der Waals surface area contributed by atoms with Crippen LogP contribution in [-0.2, 0) is 49.2 Å². The molecule has 53 heavy (non-hydrogen) atoms. The number of nitrogens with one attached hydrogen (secondary N) is 1. The highest BCUT2D eigenvalue weighted by atomic mass is 16.6. The minimum Gasteiger partial charge on any atom is -0.467 e. The lowest BCUT2D eigenvalue weighted by atomic mass is 9.83. The number of esters is 3. The number of fused-ring (bicyclic) bond motifs is 6. The van der Waals surface area contributed by atoms with Crippen LogP contribution in [0.4, 0.5) is 0 Å². The van der Waals surface area contributed by atoms with Crippen LogP contribution in [0.15, 0.2) is 63.7 Å². The number of nitrogens with zero attached hydrogens (tertiary/aromatic N) is 1. The van der Waals surface area contributed by atoms with Crippen molar-refractivity contribution in [3.8, 4) is 0 Å². The molecule has 290 valence electrons. The summed E-state index contributed by atoms with van der Waals surface area (Å²) in [6.45, 7) is 13.9. The van der Waals surface area contributed by atoms with E-state index in [-0.39, 0.29) is 25.0 Å². The van der Waals surface area contributed by atoms with Crippen molar-refractivity contribution < 1.29 is 47.9 Å². The van der Waals surface area contributed by atoms with E-state index in [4.69, 9.17) is 33.4 Å². The fraction of sp³-hybridized carbons (Fsp3) is 0.610. The van der Waals surface area contributed by atoms with Crippen LogP contribution in [0.25, 0.3) is 0 Å².